The SMILES string of the molecule is CC(CNCc1cccs1)N1CCCCCC1. The van der Waals surface area contributed by atoms with Crippen molar-refractivity contribution in [1.82, 2.24) is 10.2 Å². The van der Waals surface area contributed by atoms with Crippen LogP contribution in [0.15, 0.2) is 17.5 Å². The Hall–Kier alpha value is -0.380. The molecular formula is C14H24N2S. The Morgan fingerprint density at radius 3 is 2.71 bits per heavy atom. The van der Waals surface area contributed by atoms with Crippen molar-refractivity contribution in [3.05, 3.63) is 22.4 Å². The van der Waals surface area contributed by atoms with Crippen LogP contribution in [0.5, 0.6) is 0 Å². The van der Waals surface area contributed by atoms with Gasteiger partial charge in [0.25, 0.3) is 0 Å². The summed E-state index contributed by atoms with van der Waals surface area (Å²) in [5, 5.41) is 5.72. The first kappa shape index (κ1) is 13.1. The van der Waals surface area contributed by atoms with Crippen molar-refractivity contribution < 1.29 is 0 Å². The van der Waals surface area contributed by atoms with Crippen molar-refractivity contribution in [2.45, 2.75) is 45.2 Å². The summed E-state index contributed by atoms with van der Waals surface area (Å²) < 4.78 is 0. The maximum absolute atomic E-state index is 3.57. The van der Waals surface area contributed by atoms with Gasteiger partial charge in [-0.25, -0.2) is 0 Å². The molecule has 0 saturated carbocycles. The molecular weight excluding hydrogens is 228 g/mol. The van der Waals surface area contributed by atoms with Gasteiger partial charge in [-0.3, -0.25) is 4.90 Å². The van der Waals surface area contributed by atoms with Gasteiger partial charge in [-0.15, -0.1) is 11.3 Å². The first-order valence-electron chi connectivity index (χ1n) is 6.83. The quantitative estimate of drug-likeness (QED) is 0.866. The fraction of sp³-hybridized carbons (Fsp3) is 0.714. The largest absolute Gasteiger partial charge is 0.310 e. The van der Waals surface area contributed by atoms with Crippen molar-refractivity contribution in [2.75, 3.05) is 19.6 Å². The van der Waals surface area contributed by atoms with Crippen LogP contribution in [0.1, 0.15) is 37.5 Å². The van der Waals surface area contributed by atoms with Crippen LogP contribution in [0, 0.1) is 0 Å². The molecule has 1 aromatic heterocycles. The Bertz CT molecular complexity index is 289. The zero-order valence-corrected chi connectivity index (χ0v) is 11.6. The molecule has 1 N–H and O–H groups in total. The van der Waals surface area contributed by atoms with Gasteiger partial charge in [0.05, 0.1) is 0 Å². The summed E-state index contributed by atoms with van der Waals surface area (Å²) in [4.78, 5) is 4.09. The lowest BCUT2D eigenvalue weighted by atomic mass is 10.2. The summed E-state index contributed by atoms with van der Waals surface area (Å²) in [7, 11) is 0. The van der Waals surface area contributed by atoms with Crippen LogP contribution in [0.3, 0.4) is 0 Å². The van der Waals surface area contributed by atoms with E-state index in [4.69, 9.17) is 0 Å². The third-order valence-electron chi connectivity index (χ3n) is 3.58. The van der Waals surface area contributed by atoms with E-state index in [2.05, 4.69) is 34.7 Å². The minimum atomic E-state index is 0.674. The van der Waals surface area contributed by atoms with Crippen LogP contribution in [-0.2, 0) is 6.54 Å². The van der Waals surface area contributed by atoms with E-state index in [-0.39, 0.29) is 0 Å². The van der Waals surface area contributed by atoms with Crippen molar-refractivity contribution >= 4 is 11.3 Å². The Balaban J connectivity index is 1.67. The highest BCUT2D eigenvalue weighted by atomic mass is 32.1. The number of hydrogen-bond donors (Lipinski definition) is 1. The lowest BCUT2D eigenvalue weighted by Gasteiger charge is -2.27. The molecule has 1 atom stereocenters. The Morgan fingerprint density at radius 2 is 2.06 bits per heavy atom. The summed E-state index contributed by atoms with van der Waals surface area (Å²) in [5.74, 6) is 0. The van der Waals surface area contributed by atoms with E-state index in [1.807, 2.05) is 11.3 Å². The number of nitrogens with zero attached hydrogens (tertiary/aromatic N) is 1. The van der Waals surface area contributed by atoms with Gasteiger partial charge in [0.1, 0.15) is 0 Å². The number of thiophene rings is 1. The van der Waals surface area contributed by atoms with Gasteiger partial charge in [0.2, 0.25) is 0 Å². The average Bonchev–Trinajstić information content (AvgIpc) is 2.69. The standard InChI is InChI=1S/C14H24N2S/c1-13(16-8-4-2-3-5-9-16)11-15-12-14-7-6-10-17-14/h6-7,10,13,15H,2-5,8-9,11-12H2,1H3. The number of nitrogens with one attached hydrogen (secondary N) is 1. The predicted octanol–water partition coefficient (Wildman–Crippen LogP) is 3.10. The van der Waals surface area contributed by atoms with Gasteiger partial charge in [-0.2, -0.15) is 0 Å². The maximum Gasteiger partial charge on any atom is 0.0300 e. The van der Waals surface area contributed by atoms with E-state index in [0.717, 1.165) is 13.1 Å². The monoisotopic (exact) mass is 252 g/mol. The van der Waals surface area contributed by atoms with E-state index in [1.165, 1.54) is 43.6 Å². The van der Waals surface area contributed by atoms with Gasteiger partial charge < -0.3 is 5.32 Å². The van der Waals surface area contributed by atoms with Crippen LogP contribution in [0.2, 0.25) is 0 Å². The molecule has 0 amide bonds. The Kier molecular flexibility index (Phi) is 5.49. The van der Waals surface area contributed by atoms with Gasteiger partial charge in [0.15, 0.2) is 0 Å². The molecule has 1 unspecified atom stereocenters. The minimum absolute atomic E-state index is 0.674. The third kappa shape index (κ3) is 4.41. The van der Waals surface area contributed by atoms with Crippen molar-refractivity contribution in [2.24, 2.45) is 0 Å². The third-order valence-corrected chi connectivity index (χ3v) is 4.46. The summed E-state index contributed by atoms with van der Waals surface area (Å²) >= 11 is 1.84. The molecule has 96 valence electrons. The molecule has 17 heavy (non-hydrogen) atoms. The van der Waals surface area contributed by atoms with Crippen molar-refractivity contribution in [3.63, 3.8) is 0 Å². The first-order valence-corrected chi connectivity index (χ1v) is 7.71. The second kappa shape index (κ2) is 7.14. The van der Waals surface area contributed by atoms with Crippen LogP contribution in [0.4, 0.5) is 0 Å². The van der Waals surface area contributed by atoms with Gasteiger partial charge >= 0.3 is 0 Å². The van der Waals surface area contributed by atoms with E-state index in [9.17, 15) is 0 Å². The molecule has 0 aromatic carbocycles. The molecule has 0 spiro atoms. The second-order valence-corrected chi connectivity index (χ2v) is 6.04. The Labute approximate surface area is 109 Å². The summed E-state index contributed by atoms with van der Waals surface area (Å²) in [6.07, 6.45) is 5.61. The predicted molar refractivity (Wildman–Crippen MR) is 75.5 cm³/mol. The summed E-state index contributed by atoms with van der Waals surface area (Å²) in [6.45, 7) is 7.07. The summed E-state index contributed by atoms with van der Waals surface area (Å²) in [5.41, 5.74) is 0. The Morgan fingerprint density at radius 1 is 1.29 bits per heavy atom. The molecule has 0 bridgehead atoms. The molecule has 1 aliphatic heterocycles. The fourth-order valence-electron chi connectivity index (χ4n) is 2.48. The number of likely N-dealkylation sites (tertiary alicyclic amines) is 1. The molecule has 1 saturated heterocycles. The normalized spacial score (nSPS) is 20.1. The number of rotatable bonds is 5. The molecule has 2 heterocycles. The molecule has 2 rings (SSSR count). The molecule has 1 aliphatic rings. The summed E-state index contributed by atoms with van der Waals surface area (Å²) in [6, 6.07) is 5.00. The van der Waals surface area contributed by atoms with Crippen molar-refractivity contribution in [3.8, 4) is 0 Å². The van der Waals surface area contributed by atoms with E-state index < -0.39 is 0 Å². The van der Waals surface area contributed by atoms with E-state index in [0.29, 0.717) is 6.04 Å². The van der Waals surface area contributed by atoms with Crippen molar-refractivity contribution in [1.29, 1.82) is 0 Å². The minimum Gasteiger partial charge on any atom is -0.310 e. The molecule has 1 fully saturated rings. The highest BCUT2D eigenvalue weighted by molar-refractivity contribution is 7.09. The topological polar surface area (TPSA) is 15.3 Å². The average molecular weight is 252 g/mol. The highest BCUT2D eigenvalue weighted by Gasteiger charge is 2.14. The molecule has 0 aliphatic carbocycles. The smallest absolute Gasteiger partial charge is 0.0300 e. The van der Waals surface area contributed by atoms with Gasteiger partial charge in [0, 0.05) is 24.0 Å². The maximum atomic E-state index is 3.57. The zero-order valence-electron chi connectivity index (χ0n) is 10.8. The van der Waals surface area contributed by atoms with E-state index >= 15 is 0 Å². The number of hydrogen-bond acceptors (Lipinski definition) is 3. The first-order chi connectivity index (χ1) is 8.36. The molecule has 2 nitrogen and oxygen atoms in total. The van der Waals surface area contributed by atoms with Crippen LogP contribution >= 0.6 is 11.3 Å². The van der Waals surface area contributed by atoms with Gasteiger partial charge in [-0.1, -0.05) is 18.9 Å². The second-order valence-electron chi connectivity index (χ2n) is 5.01. The molecule has 1 aromatic rings. The lowest BCUT2D eigenvalue weighted by Crippen LogP contribution is -2.40. The zero-order chi connectivity index (χ0) is 11.9. The molecule has 0 radical (unpaired) electrons. The lowest BCUT2D eigenvalue weighted by molar-refractivity contribution is 0.212. The van der Waals surface area contributed by atoms with Crippen LogP contribution in [0.25, 0.3) is 0 Å². The van der Waals surface area contributed by atoms with E-state index in [1.54, 1.807) is 0 Å². The molecule has 3 heteroatoms. The van der Waals surface area contributed by atoms with Crippen LogP contribution in [-0.4, -0.2) is 30.6 Å². The van der Waals surface area contributed by atoms with Crippen LogP contribution < -0.4 is 5.32 Å². The fourth-order valence-corrected chi connectivity index (χ4v) is 3.16. The van der Waals surface area contributed by atoms with Gasteiger partial charge in [-0.05, 0) is 44.3 Å². The highest BCUT2D eigenvalue weighted by Crippen LogP contribution is 2.12.